The molecular weight excluding hydrogens is 195 g/mol. The Morgan fingerprint density at radius 2 is 1.92 bits per heavy atom. The number of rotatable bonds is 7. The van der Waals surface area contributed by atoms with Gasteiger partial charge in [0.2, 0.25) is 0 Å². The molecule has 0 fully saturated rings. The lowest BCUT2D eigenvalue weighted by molar-refractivity contribution is 0.319. The van der Waals surface area contributed by atoms with E-state index in [1.54, 1.807) is 14.2 Å². The van der Waals surface area contributed by atoms with E-state index in [-0.39, 0.29) is 0 Å². The van der Waals surface area contributed by atoms with Crippen LogP contribution in [0.4, 0.5) is 0 Å². The van der Waals surface area contributed by atoms with Gasteiger partial charge in [-0.2, -0.15) is 5.20 Å². The summed E-state index contributed by atoms with van der Waals surface area (Å²) in [6.45, 7) is 0.757. The van der Waals surface area contributed by atoms with Gasteiger partial charge in [0.25, 0.3) is 6.64 Å². The van der Waals surface area contributed by atoms with Crippen LogP contribution in [0.15, 0.2) is 0 Å². The fourth-order valence-electron chi connectivity index (χ4n) is 0.584. The highest BCUT2D eigenvalue weighted by molar-refractivity contribution is 8.08. The zero-order valence-electron chi connectivity index (χ0n) is 7.79. The molecule has 0 unspecified atom stereocenters. The molecule has 0 rings (SSSR count). The fraction of sp³-hybridized carbons (Fsp3) is 1.00. The molecule has 0 aromatic rings. The maximum atomic E-state index is 5.05. The molecule has 0 saturated heterocycles. The SMILES string of the molecule is CCCCNNP(=S)(OC)OC. The summed E-state index contributed by atoms with van der Waals surface area (Å²) in [6, 6.07) is 0. The summed E-state index contributed by atoms with van der Waals surface area (Å²) in [5.41, 5.74) is 2.97. The second-order valence-corrected chi connectivity index (χ2v) is 5.65. The topological polar surface area (TPSA) is 42.5 Å². The van der Waals surface area contributed by atoms with Crippen molar-refractivity contribution in [3.8, 4) is 0 Å². The molecule has 2 N–H and O–H groups in total. The van der Waals surface area contributed by atoms with E-state index in [9.17, 15) is 0 Å². The average molecular weight is 212 g/mol. The largest absolute Gasteiger partial charge is 0.321 e. The summed E-state index contributed by atoms with van der Waals surface area (Å²) < 4.78 is 9.99. The van der Waals surface area contributed by atoms with Crippen molar-refractivity contribution in [3.05, 3.63) is 0 Å². The molecule has 0 aliphatic carbocycles. The van der Waals surface area contributed by atoms with E-state index in [2.05, 4.69) is 17.5 Å². The third-order valence-electron chi connectivity index (χ3n) is 1.35. The first-order chi connectivity index (χ1) is 5.68. The highest BCUT2D eigenvalue weighted by Gasteiger charge is 2.12. The summed E-state index contributed by atoms with van der Waals surface area (Å²) in [5, 5.41) is 2.86. The van der Waals surface area contributed by atoms with Crippen molar-refractivity contribution in [2.75, 3.05) is 20.8 Å². The van der Waals surface area contributed by atoms with Gasteiger partial charge in [-0.05, 0) is 18.2 Å². The summed E-state index contributed by atoms with van der Waals surface area (Å²) in [7, 11) is 3.08. The molecule has 6 heteroatoms. The molecule has 0 heterocycles. The van der Waals surface area contributed by atoms with Gasteiger partial charge in [0.05, 0.1) is 0 Å². The van der Waals surface area contributed by atoms with Crippen molar-refractivity contribution in [1.29, 1.82) is 0 Å². The Bertz CT molecular complexity index is 148. The van der Waals surface area contributed by atoms with Gasteiger partial charge < -0.3 is 9.05 Å². The van der Waals surface area contributed by atoms with Crippen LogP contribution in [0.25, 0.3) is 0 Å². The van der Waals surface area contributed by atoms with E-state index < -0.39 is 6.64 Å². The molecule has 0 radical (unpaired) electrons. The molecule has 0 saturated carbocycles. The molecule has 0 aromatic heterocycles. The number of unbranched alkanes of at least 4 members (excludes halogenated alkanes) is 1. The van der Waals surface area contributed by atoms with Gasteiger partial charge >= 0.3 is 0 Å². The lowest BCUT2D eigenvalue weighted by Crippen LogP contribution is -2.30. The first-order valence-corrected chi connectivity index (χ1v) is 6.54. The Morgan fingerprint density at radius 3 is 2.33 bits per heavy atom. The average Bonchev–Trinajstić information content (AvgIpc) is 2.12. The summed E-state index contributed by atoms with van der Waals surface area (Å²) in [4.78, 5) is 0. The Balaban J connectivity index is 3.52. The lowest BCUT2D eigenvalue weighted by Gasteiger charge is -2.18. The monoisotopic (exact) mass is 212 g/mol. The standard InChI is InChI=1S/C6H17N2O2PS/c1-4-5-6-7-8-11(12,9-2)10-3/h7H,4-6H2,1-3H3,(H,8,12). The van der Waals surface area contributed by atoms with Gasteiger partial charge in [0.15, 0.2) is 0 Å². The Kier molecular flexibility index (Phi) is 7.23. The lowest BCUT2D eigenvalue weighted by atomic mass is 10.3. The summed E-state index contributed by atoms with van der Waals surface area (Å²) in [5.74, 6) is 0. The van der Waals surface area contributed by atoms with Crippen molar-refractivity contribution < 1.29 is 9.05 Å². The maximum Gasteiger partial charge on any atom is 0.274 e. The maximum absolute atomic E-state index is 5.05. The van der Waals surface area contributed by atoms with Crippen LogP contribution in [0, 0.1) is 0 Å². The van der Waals surface area contributed by atoms with E-state index >= 15 is 0 Å². The van der Waals surface area contributed by atoms with Crippen LogP contribution in [0.2, 0.25) is 0 Å². The molecule has 0 aliphatic heterocycles. The van der Waals surface area contributed by atoms with Gasteiger partial charge in [-0.3, -0.25) is 5.43 Å². The Morgan fingerprint density at radius 1 is 1.33 bits per heavy atom. The Hall–Kier alpha value is 0.490. The smallest absolute Gasteiger partial charge is 0.274 e. The summed E-state index contributed by atoms with van der Waals surface area (Å²) in [6.07, 6.45) is 2.26. The number of nitrogens with one attached hydrogen (secondary N) is 2. The van der Waals surface area contributed by atoms with Crippen LogP contribution in [0.1, 0.15) is 19.8 Å². The number of hydrazine groups is 1. The van der Waals surface area contributed by atoms with Crippen LogP contribution >= 0.6 is 6.64 Å². The van der Waals surface area contributed by atoms with E-state index in [0.29, 0.717) is 0 Å². The van der Waals surface area contributed by atoms with E-state index in [1.165, 1.54) is 0 Å². The molecule has 0 bridgehead atoms. The molecule has 0 atom stereocenters. The zero-order valence-corrected chi connectivity index (χ0v) is 9.50. The molecule has 74 valence electrons. The molecule has 0 spiro atoms. The zero-order chi connectivity index (χ0) is 9.45. The van der Waals surface area contributed by atoms with Gasteiger partial charge in [-0.1, -0.05) is 13.3 Å². The van der Waals surface area contributed by atoms with Gasteiger partial charge in [0.1, 0.15) is 0 Å². The third kappa shape index (κ3) is 5.19. The van der Waals surface area contributed by atoms with E-state index in [4.69, 9.17) is 20.9 Å². The fourth-order valence-corrected chi connectivity index (χ4v) is 1.41. The van der Waals surface area contributed by atoms with Crippen LogP contribution in [-0.2, 0) is 20.9 Å². The minimum absolute atomic E-state index is 0.877. The molecule has 12 heavy (non-hydrogen) atoms. The normalized spacial score (nSPS) is 11.9. The van der Waals surface area contributed by atoms with Crippen LogP contribution < -0.4 is 10.6 Å². The van der Waals surface area contributed by atoms with Crippen LogP contribution in [0.5, 0.6) is 0 Å². The molecule has 0 aromatic carbocycles. The van der Waals surface area contributed by atoms with Crippen LogP contribution in [0.3, 0.4) is 0 Å². The third-order valence-corrected chi connectivity index (χ3v) is 3.91. The van der Waals surface area contributed by atoms with E-state index in [1.807, 2.05) is 0 Å². The first kappa shape index (κ1) is 12.5. The highest BCUT2D eigenvalue weighted by atomic mass is 32.5. The van der Waals surface area contributed by atoms with Crippen molar-refractivity contribution in [3.63, 3.8) is 0 Å². The minimum Gasteiger partial charge on any atom is -0.321 e. The van der Waals surface area contributed by atoms with Crippen molar-refractivity contribution >= 4 is 18.4 Å². The number of hydrogen-bond donors (Lipinski definition) is 2. The van der Waals surface area contributed by atoms with Gasteiger partial charge in [-0.15, -0.1) is 0 Å². The van der Waals surface area contributed by atoms with Crippen LogP contribution in [-0.4, -0.2) is 20.8 Å². The first-order valence-electron chi connectivity index (χ1n) is 3.90. The summed E-state index contributed by atoms with van der Waals surface area (Å²) >= 11 is 5.05. The predicted octanol–water partition coefficient (Wildman–Crippen LogP) is 1.40. The predicted molar refractivity (Wildman–Crippen MR) is 54.3 cm³/mol. The minimum atomic E-state index is -2.25. The van der Waals surface area contributed by atoms with Crippen molar-refractivity contribution in [2.24, 2.45) is 0 Å². The molecule has 4 nitrogen and oxygen atoms in total. The second kappa shape index (κ2) is 6.95. The Labute approximate surface area is 79.2 Å². The molecular formula is C6H17N2O2PS. The van der Waals surface area contributed by atoms with Gasteiger partial charge in [-0.25, -0.2) is 0 Å². The molecule has 0 amide bonds. The number of hydrogen-bond acceptors (Lipinski definition) is 4. The van der Waals surface area contributed by atoms with E-state index in [0.717, 1.165) is 19.4 Å². The van der Waals surface area contributed by atoms with Crippen molar-refractivity contribution in [2.45, 2.75) is 19.8 Å². The van der Waals surface area contributed by atoms with Gasteiger partial charge in [0, 0.05) is 20.8 Å². The van der Waals surface area contributed by atoms with Crippen molar-refractivity contribution in [1.82, 2.24) is 10.6 Å². The second-order valence-electron chi connectivity index (χ2n) is 2.25. The molecule has 0 aliphatic rings. The quantitative estimate of drug-likeness (QED) is 0.379. The highest BCUT2D eigenvalue weighted by Crippen LogP contribution is 2.40.